The molecule has 0 aliphatic carbocycles. The van der Waals surface area contributed by atoms with Crippen LogP contribution in [0.25, 0.3) is 0 Å². The van der Waals surface area contributed by atoms with Gasteiger partial charge in [-0.25, -0.2) is 4.79 Å². The van der Waals surface area contributed by atoms with Crippen LogP contribution in [0.5, 0.6) is 0 Å². The molecule has 0 saturated carbocycles. The molecule has 1 aliphatic heterocycles. The molecule has 1 heterocycles. The van der Waals surface area contributed by atoms with E-state index in [0.29, 0.717) is 13.0 Å². The molecule has 0 aromatic rings. The molecule has 1 fully saturated rings. The fraction of sp³-hybridized carbons (Fsp3) is 0.750. The summed E-state index contributed by atoms with van der Waals surface area (Å²) in [4.78, 5) is 13.4. The second-order valence-corrected chi connectivity index (χ2v) is 5.11. The van der Waals surface area contributed by atoms with Gasteiger partial charge in [-0.2, -0.15) is 0 Å². The van der Waals surface area contributed by atoms with Crippen LogP contribution in [0.2, 0.25) is 0 Å². The molecule has 0 aromatic heterocycles. The molecule has 1 rings (SSSR count). The van der Waals surface area contributed by atoms with Crippen LogP contribution >= 0.6 is 0 Å². The van der Waals surface area contributed by atoms with Crippen LogP contribution in [0.1, 0.15) is 33.6 Å². The van der Waals surface area contributed by atoms with E-state index >= 15 is 0 Å². The fourth-order valence-electron chi connectivity index (χ4n) is 1.82. The molecule has 0 radical (unpaired) electrons. The predicted octanol–water partition coefficient (Wildman–Crippen LogP) is 1.93. The van der Waals surface area contributed by atoms with Gasteiger partial charge in [-0.3, -0.25) is 4.90 Å². The van der Waals surface area contributed by atoms with Crippen molar-refractivity contribution < 1.29 is 14.6 Å². The number of likely N-dealkylation sites (tertiary alicyclic amines) is 1. The van der Waals surface area contributed by atoms with Gasteiger partial charge in [-0.1, -0.05) is 6.08 Å². The molecule has 0 spiro atoms. The number of aliphatic hydroxyl groups is 1. The molecule has 0 unspecified atom stereocenters. The number of amides is 1. The van der Waals surface area contributed by atoms with Crippen LogP contribution in [-0.4, -0.2) is 40.4 Å². The van der Waals surface area contributed by atoms with E-state index in [1.54, 1.807) is 11.0 Å². The fourth-order valence-corrected chi connectivity index (χ4v) is 1.82. The van der Waals surface area contributed by atoms with Gasteiger partial charge in [0.05, 0.1) is 12.1 Å². The van der Waals surface area contributed by atoms with E-state index in [2.05, 4.69) is 6.58 Å². The smallest absolute Gasteiger partial charge is 0.410 e. The Morgan fingerprint density at radius 3 is 2.69 bits per heavy atom. The van der Waals surface area contributed by atoms with Crippen molar-refractivity contribution in [3.8, 4) is 0 Å². The number of carbonyl (C=O) groups excluding carboxylic acids is 1. The highest BCUT2D eigenvalue weighted by Gasteiger charge is 2.33. The SMILES string of the molecule is C=C[C@@H]1[C@H](O)CCCN1C(=O)OC(C)(C)C. The number of carbonyl (C=O) groups is 1. The topological polar surface area (TPSA) is 49.8 Å². The van der Waals surface area contributed by atoms with Crippen molar-refractivity contribution in [3.63, 3.8) is 0 Å². The summed E-state index contributed by atoms with van der Waals surface area (Å²) < 4.78 is 5.29. The van der Waals surface area contributed by atoms with Gasteiger partial charge in [-0.05, 0) is 33.6 Å². The van der Waals surface area contributed by atoms with Crippen molar-refractivity contribution in [1.29, 1.82) is 0 Å². The minimum atomic E-state index is -0.529. The summed E-state index contributed by atoms with van der Waals surface area (Å²) in [6, 6.07) is -0.330. The zero-order valence-corrected chi connectivity index (χ0v) is 10.3. The maximum atomic E-state index is 11.9. The Hall–Kier alpha value is -1.03. The minimum absolute atomic E-state index is 0.330. The van der Waals surface area contributed by atoms with Crippen LogP contribution in [0.15, 0.2) is 12.7 Å². The first kappa shape index (κ1) is 13.0. The number of aliphatic hydroxyl groups excluding tert-OH is 1. The van der Waals surface area contributed by atoms with E-state index in [-0.39, 0.29) is 12.1 Å². The Labute approximate surface area is 96.9 Å². The van der Waals surface area contributed by atoms with Gasteiger partial charge in [0.25, 0.3) is 0 Å². The van der Waals surface area contributed by atoms with Crippen molar-refractivity contribution in [2.45, 2.75) is 51.4 Å². The third-order valence-electron chi connectivity index (χ3n) is 2.52. The Kier molecular flexibility index (Phi) is 3.97. The Bertz CT molecular complexity index is 270. The lowest BCUT2D eigenvalue weighted by Gasteiger charge is -2.37. The highest BCUT2D eigenvalue weighted by atomic mass is 16.6. The van der Waals surface area contributed by atoms with Crippen molar-refractivity contribution >= 4 is 6.09 Å². The molecular weight excluding hydrogens is 206 g/mol. The lowest BCUT2D eigenvalue weighted by atomic mass is 9.99. The summed E-state index contributed by atoms with van der Waals surface area (Å²) in [6.45, 7) is 9.75. The lowest BCUT2D eigenvalue weighted by Crippen LogP contribution is -2.51. The summed E-state index contributed by atoms with van der Waals surface area (Å²) >= 11 is 0. The molecule has 0 bridgehead atoms. The molecule has 16 heavy (non-hydrogen) atoms. The first-order valence-corrected chi connectivity index (χ1v) is 5.65. The largest absolute Gasteiger partial charge is 0.444 e. The predicted molar refractivity (Wildman–Crippen MR) is 62.2 cm³/mol. The normalized spacial score (nSPS) is 26.4. The van der Waals surface area contributed by atoms with Gasteiger partial charge < -0.3 is 9.84 Å². The minimum Gasteiger partial charge on any atom is -0.444 e. The van der Waals surface area contributed by atoms with Gasteiger partial charge in [-0.15, -0.1) is 6.58 Å². The average molecular weight is 227 g/mol. The monoisotopic (exact) mass is 227 g/mol. The van der Waals surface area contributed by atoms with Crippen molar-refractivity contribution in [3.05, 3.63) is 12.7 Å². The second kappa shape index (κ2) is 4.87. The van der Waals surface area contributed by atoms with Gasteiger partial charge in [0, 0.05) is 6.54 Å². The summed E-state index contributed by atoms with van der Waals surface area (Å²) in [7, 11) is 0. The Balaban J connectivity index is 2.69. The summed E-state index contributed by atoms with van der Waals surface area (Å²) in [5.74, 6) is 0. The number of piperidine rings is 1. The molecular formula is C12H21NO3. The van der Waals surface area contributed by atoms with E-state index in [4.69, 9.17) is 4.74 Å². The number of nitrogens with zero attached hydrogens (tertiary/aromatic N) is 1. The second-order valence-electron chi connectivity index (χ2n) is 5.11. The molecule has 1 amide bonds. The molecule has 1 aliphatic rings. The van der Waals surface area contributed by atoms with E-state index < -0.39 is 11.7 Å². The summed E-state index contributed by atoms with van der Waals surface area (Å²) in [6.07, 6.45) is 2.20. The van der Waals surface area contributed by atoms with Crippen molar-refractivity contribution in [2.75, 3.05) is 6.54 Å². The van der Waals surface area contributed by atoms with Crippen LogP contribution in [-0.2, 0) is 4.74 Å². The average Bonchev–Trinajstić information content (AvgIpc) is 2.14. The Morgan fingerprint density at radius 1 is 1.56 bits per heavy atom. The van der Waals surface area contributed by atoms with Crippen LogP contribution in [0, 0.1) is 0 Å². The standard InChI is InChI=1S/C12H21NO3/c1-5-9-10(14)7-6-8-13(9)11(15)16-12(2,3)4/h5,9-10,14H,1,6-8H2,2-4H3/t9-,10-/m1/s1. The quantitative estimate of drug-likeness (QED) is 0.696. The van der Waals surface area contributed by atoms with Crippen molar-refractivity contribution in [2.24, 2.45) is 0 Å². The number of hydrogen-bond acceptors (Lipinski definition) is 3. The molecule has 4 heteroatoms. The zero-order valence-electron chi connectivity index (χ0n) is 10.3. The van der Waals surface area contributed by atoms with E-state index in [1.165, 1.54) is 0 Å². The van der Waals surface area contributed by atoms with Gasteiger partial charge in [0.1, 0.15) is 5.60 Å². The summed E-state index contributed by atoms with van der Waals surface area (Å²) in [5.41, 5.74) is -0.509. The van der Waals surface area contributed by atoms with Crippen molar-refractivity contribution in [1.82, 2.24) is 4.90 Å². The molecule has 92 valence electrons. The maximum absolute atomic E-state index is 11.9. The number of ether oxygens (including phenoxy) is 1. The van der Waals surface area contributed by atoms with E-state index in [9.17, 15) is 9.90 Å². The first-order valence-electron chi connectivity index (χ1n) is 5.65. The van der Waals surface area contributed by atoms with E-state index in [0.717, 1.165) is 6.42 Å². The van der Waals surface area contributed by atoms with Crippen LogP contribution in [0.3, 0.4) is 0 Å². The van der Waals surface area contributed by atoms with Gasteiger partial charge in [0.2, 0.25) is 0 Å². The summed E-state index contributed by atoms with van der Waals surface area (Å²) in [5, 5.41) is 9.77. The molecule has 1 N–H and O–H groups in total. The molecule has 4 nitrogen and oxygen atoms in total. The third-order valence-corrected chi connectivity index (χ3v) is 2.52. The highest BCUT2D eigenvalue weighted by Crippen LogP contribution is 2.21. The maximum Gasteiger partial charge on any atom is 0.410 e. The van der Waals surface area contributed by atoms with Crippen LogP contribution in [0.4, 0.5) is 4.79 Å². The van der Waals surface area contributed by atoms with E-state index in [1.807, 2.05) is 20.8 Å². The number of rotatable bonds is 1. The number of hydrogen-bond donors (Lipinski definition) is 1. The van der Waals surface area contributed by atoms with Gasteiger partial charge >= 0.3 is 6.09 Å². The third kappa shape index (κ3) is 3.23. The first-order chi connectivity index (χ1) is 7.35. The zero-order chi connectivity index (χ0) is 12.3. The van der Waals surface area contributed by atoms with Crippen LogP contribution < -0.4 is 0 Å². The Morgan fingerprint density at radius 2 is 2.19 bits per heavy atom. The molecule has 1 saturated heterocycles. The lowest BCUT2D eigenvalue weighted by molar-refractivity contribution is -0.0114. The molecule has 0 aromatic carbocycles. The van der Waals surface area contributed by atoms with Gasteiger partial charge in [0.15, 0.2) is 0 Å². The molecule has 2 atom stereocenters. The highest BCUT2D eigenvalue weighted by molar-refractivity contribution is 5.69.